The lowest BCUT2D eigenvalue weighted by molar-refractivity contribution is 0.298. The van der Waals surface area contributed by atoms with Crippen LogP contribution in [-0.4, -0.2) is 39.0 Å². The first kappa shape index (κ1) is 17.5. The summed E-state index contributed by atoms with van der Waals surface area (Å²) < 4.78 is 39.0. The average Bonchev–Trinajstić information content (AvgIpc) is 2.86. The van der Waals surface area contributed by atoms with E-state index in [2.05, 4.69) is 17.1 Å². The summed E-state index contributed by atoms with van der Waals surface area (Å²) in [7, 11) is -3.64. The minimum absolute atomic E-state index is 0.124. The van der Waals surface area contributed by atoms with E-state index in [0.29, 0.717) is 12.0 Å². The van der Waals surface area contributed by atoms with Crippen molar-refractivity contribution in [1.29, 1.82) is 0 Å². The molecule has 0 unspecified atom stereocenters. The Morgan fingerprint density at radius 2 is 1.77 bits per heavy atom. The van der Waals surface area contributed by atoms with Crippen LogP contribution < -0.4 is 5.32 Å². The molecule has 0 radical (unpaired) electrons. The summed E-state index contributed by atoms with van der Waals surface area (Å²) in [5, 5.41) is 3.58. The first-order valence-electron chi connectivity index (χ1n) is 9.12. The maximum absolute atomic E-state index is 13.1. The maximum atomic E-state index is 13.1. The molecule has 0 aliphatic carbocycles. The second kappa shape index (κ2) is 6.67. The van der Waals surface area contributed by atoms with Gasteiger partial charge < -0.3 is 10.2 Å². The number of benzene rings is 2. The van der Waals surface area contributed by atoms with E-state index in [1.54, 1.807) is 6.07 Å². The number of fused-ring (bicyclic) bond motifs is 3. The normalized spacial score (nSPS) is 23.0. The molecule has 1 fully saturated rings. The van der Waals surface area contributed by atoms with Crippen LogP contribution in [0.1, 0.15) is 31.2 Å². The average molecular weight is 374 g/mol. The molecule has 1 saturated heterocycles. The van der Waals surface area contributed by atoms with Gasteiger partial charge in [0, 0.05) is 24.2 Å². The van der Waals surface area contributed by atoms with Gasteiger partial charge in [0.2, 0.25) is 9.84 Å². The molecular formula is C20H23FN2O2S. The van der Waals surface area contributed by atoms with E-state index in [1.165, 1.54) is 24.3 Å². The van der Waals surface area contributed by atoms with Crippen LogP contribution in [0.5, 0.6) is 0 Å². The van der Waals surface area contributed by atoms with E-state index in [9.17, 15) is 12.8 Å². The number of likely N-dealkylation sites (tertiary alicyclic amines) is 1. The Morgan fingerprint density at radius 1 is 1.08 bits per heavy atom. The van der Waals surface area contributed by atoms with Crippen LogP contribution in [0.2, 0.25) is 0 Å². The van der Waals surface area contributed by atoms with Crippen LogP contribution >= 0.6 is 0 Å². The monoisotopic (exact) mass is 374 g/mol. The zero-order valence-electron chi connectivity index (χ0n) is 14.8. The van der Waals surface area contributed by atoms with Crippen LogP contribution in [0.4, 0.5) is 10.1 Å². The minimum Gasteiger partial charge on any atom is -0.381 e. The number of anilines is 1. The Balaban J connectivity index is 1.68. The lowest BCUT2D eigenvalue weighted by atomic mass is 9.91. The highest BCUT2D eigenvalue weighted by Gasteiger charge is 2.35. The van der Waals surface area contributed by atoms with Crippen LogP contribution in [0.25, 0.3) is 0 Å². The summed E-state index contributed by atoms with van der Waals surface area (Å²) in [5.41, 5.74) is 2.14. The summed E-state index contributed by atoms with van der Waals surface area (Å²) in [6.07, 6.45) is 2.09. The number of nitrogens with zero attached hydrogens (tertiary/aromatic N) is 1. The van der Waals surface area contributed by atoms with Gasteiger partial charge in [0.15, 0.2) is 0 Å². The van der Waals surface area contributed by atoms with Crippen molar-refractivity contribution in [3.05, 3.63) is 53.8 Å². The van der Waals surface area contributed by atoms with Gasteiger partial charge >= 0.3 is 0 Å². The van der Waals surface area contributed by atoms with Gasteiger partial charge in [-0.05, 0) is 74.0 Å². The van der Waals surface area contributed by atoms with Gasteiger partial charge in [-0.1, -0.05) is 6.92 Å². The van der Waals surface area contributed by atoms with Gasteiger partial charge in [0.05, 0.1) is 9.79 Å². The largest absolute Gasteiger partial charge is 0.381 e. The molecule has 2 aliphatic rings. The molecular weight excluding hydrogens is 351 g/mol. The van der Waals surface area contributed by atoms with Gasteiger partial charge in [-0.15, -0.1) is 0 Å². The number of hydrogen-bond donors (Lipinski definition) is 1. The third kappa shape index (κ3) is 3.01. The molecule has 0 aromatic heterocycles. The molecule has 1 N–H and O–H groups in total. The zero-order valence-corrected chi connectivity index (χ0v) is 15.6. The standard InChI is InChI=1S/C20H23FN2O2S/c1-2-23-11-9-17-18-13-16(7-8-19(18)22-20(17)10-12-23)26(24,25)15-5-3-14(21)4-6-15/h3-8,13,17,20,22H,2,9-12H2,1H3/t17-,20-/m1/s1. The van der Waals surface area contributed by atoms with Crippen LogP contribution in [0, 0.1) is 5.82 Å². The quantitative estimate of drug-likeness (QED) is 0.833. The van der Waals surface area contributed by atoms with Crippen molar-refractivity contribution < 1.29 is 12.8 Å². The molecule has 2 aromatic carbocycles. The van der Waals surface area contributed by atoms with Crippen LogP contribution in [-0.2, 0) is 9.84 Å². The molecule has 2 aliphatic heterocycles. The van der Waals surface area contributed by atoms with Crippen molar-refractivity contribution in [1.82, 2.24) is 4.90 Å². The smallest absolute Gasteiger partial charge is 0.206 e. The highest BCUT2D eigenvalue weighted by atomic mass is 32.2. The van der Waals surface area contributed by atoms with Gasteiger partial charge in [0.25, 0.3) is 0 Å². The summed E-state index contributed by atoms with van der Waals surface area (Å²) in [6.45, 7) is 5.33. The highest BCUT2D eigenvalue weighted by molar-refractivity contribution is 7.91. The molecule has 0 amide bonds. The topological polar surface area (TPSA) is 49.4 Å². The second-order valence-electron chi connectivity index (χ2n) is 7.08. The van der Waals surface area contributed by atoms with E-state index in [4.69, 9.17) is 0 Å². The summed E-state index contributed by atoms with van der Waals surface area (Å²) in [6, 6.07) is 10.7. The van der Waals surface area contributed by atoms with Crippen molar-refractivity contribution in [2.45, 2.75) is 41.5 Å². The van der Waals surface area contributed by atoms with E-state index in [1.807, 2.05) is 12.1 Å². The number of rotatable bonds is 3. The molecule has 4 rings (SSSR count). The Morgan fingerprint density at radius 3 is 2.50 bits per heavy atom. The van der Waals surface area contributed by atoms with Crippen molar-refractivity contribution in [3.8, 4) is 0 Å². The van der Waals surface area contributed by atoms with Crippen molar-refractivity contribution in [2.24, 2.45) is 0 Å². The maximum Gasteiger partial charge on any atom is 0.206 e. The molecule has 2 aromatic rings. The molecule has 0 saturated carbocycles. The van der Waals surface area contributed by atoms with Crippen LogP contribution in [0.3, 0.4) is 0 Å². The lowest BCUT2D eigenvalue weighted by Gasteiger charge is -2.17. The number of halogens is 1. The molecule has 0 spiro atoms. The zero-order chi connectivity index (χ0) is 18.3. The van der Waals surface area contributed by atoms with Gasteiger partial charge in [-0.3, -0.25) is 0 Å². The number of nitrogens with one attached hydrogen (secondary N) is 1. The molecule has 2 atom stereocenters. The van der Waals surface area contributed by atoms with Crippen molar-refractivity contribution in [3.63, 3.8) is 0 Å². The fraction of sp³-hybridized carbons (Fsp3) is 0.400. The third-order valence-corrected chi connectivity index (χ3v) is 7.41. The molecule has 138 valence electrons. The molecule has 4 nitrogen and oxygen atoms in total. The van der Waals surface area contributed by atoms with E-state index in [0.717, 1.165) is 43.7 Å². The van der Waals surface area contributed by atoms with E-state index >= 15 is 0 Å². The second-order valence-corrected chi connectivity index (χ2v) is 9.03. The molecule has 26 heavy (non-hydrogen) atoms. The van der Waals surface area contributed by atoms with Gasteiger partial charge in [-0.2, -0.15) is 0 Å². The Bertz CT molecular complexity index is 912. The van der Waals surface area contributed by atoms with Crippen molar-refractivity contribution in [2.75, 3.05) is 25.0 Å². The summed E-state index contributed by atoms with van der Waals surface area (Å²) >= 11 is 0. The van der Waals surface area contributed by atoms with E-state index in [-0.39, 0.29) is 9.79 Å². The van der Waals surface area contributed by atoms with Gasteiger partial charge in [0.1, 0.15) is 5.82 Å². The van der Waals surface area contributed by atoms with Crippen LogP contribution in [0.15, 0.2) is 52.3 Å². The SMILES string of the molecule is CCN1CC[C@@H]2c3cc(S(=O)(=O)c4ccc(F)cc4)ccc3N[C@@H]2CC1. The Kier molecular flexibility index (Phi) is 4.49. The minimum atomic E-state index is -3.64. The summed E-state index contributed by atoms with van der Waals surface area (Å²) in [5.74, 6) is -0.103. The Hall–Kier alpha value is -1.92. The fourth-order valence-electron chi connectivity index (χ4n) is 4.11. The molecule has 0 bridgehead atoms. The van der Waals surface area contributed by atoms with Gasteiger partial charge in [-0.25, -0.2) is 12.8 Å². The molecule has 2 heterocycles. The predicted octanol–water partition coefficient (Wildman–Crippen LogP) is 3.65. The third-order valence-electron chi connectivity index (χ3n) is 5.64. The predicted molar refractivity (Wildman–Crippen MR) is 99.8 cm³/mol. The number of sulfone groups is 1. The van der Waals surface area contributed by atoms with Crippen molar-refractivity contribution >= 4 is 15.5 Å². The fourth-order valence-corrected chi connectivity index (χ4v) is 5.41. The molecule has 6 heteroatoms. The summed E-state index contributed by atoms with van der Waals surface area (Å²) in [4.78, 5) is 2.85. The van der Waals surface area contributed by atoms with E-state index < -0.39 is 15.7 Å². The highest BCUT2D eigenvalue weighted by Crippen LogP contribution is 2.42. The first-order valence-corrected chi connectivity index (χ1v) is 10.6. The number of hydrogen-bond acceptors (Lipinski definition) is 4. The Labute approximate surface area is 153 Å². The lowest BCUT2D eigenvalue weighted by Crippen LogP contribution is -2.25. The first-order chi connectivity index (χ1) is 12.5.